The summed E-state index contributed by atoms with van der Waals surface area (Å²) in [4.78, 5) is 24.8. The van der Waals surface area contributed by atoms with E-state index in [1.807, 2.05) is 0 Å². The largest absolute Gasteiger partial charge is 0.481 e. The van der Waals surface area contributed by atoms with E-state index in [1.54, 1.807) is 35.2 Å². The molecule has 1 N–H and O–H groups in total. The number of morpholine rings is 1. The van der Waals surface area contributed by atoms with E-state index in [1.165, 1.54) is 6.07 Å². The first kappa shape index (κ1) is 18.1. The molecule has 138 valence electrons. The number of carboxylic acid groups (broad SMARTS) is 1. The highest BCUT2D eigenvalue weighted by Crippen LogP contribution is 2.25. The zero-order valence-electron chi connectivity index (χ0n) is 14.2. The van der Waals surface area contributed by atoms with Gasteiger partial charge in [-0.2, -0.15) is 0 Å². The van der Waals surface area contributed by atoms with Crippen LogP contribution in [0.1, 0.15) is 18.6 Å². The number of aryl methyl sites for hydroxylation is 1. The van der Waals surface area contributed by atoms with Gasteiger partial charge in [0, 0.05) is 25.9 Å². The Kier molecular flexibility index (Phi) is 5.68. The number of carboxylic acids is 1. The van der Waals surface area contributed by atoms with Crippen molar-refractivity contribution in [3.63, 3.8) is 0 Å². The highest BCUT2D eigenvalue weighted by Gasteiger charge is 2.25. The molecule has 1 aromatic heterocycles. The lowest BCUT2D eigenvalue weighted by atomic mass is 10.1. The highest BCUT2D eigenvalue weighted by molar-refractivity contribution is 5.76. The first-order valence-electron chi connectivity index (χ1n) is 8.47. The van der Waals surface area contributed by atoms with Crippen LogP contribution in [0.3, 0.4) is 0 Å². The minimum Gasteiger partial charge on any atom is -0.481 e. The van der Waals surface area contributed by atoms with E-state index >= 15 is 0 Å². The molecule has 3 rings (SSSR count). The van der Waals surface area contributed by atoms with Crippen molar-refractivity contribution in [3.05, 3.63) is 48.0 Å². The second kappa shape index (κ2) is 8.14. The molecule has 1 amide bonds. The molecule has 1 saturated heterocycles. The number of rotatable bonds is 6. The Morgan fingerprint density at radius 2 is 2.04 bits per heavy atom. The minimum absolute atomic E-state index is 0.0764. The molecule has 1 atom stereocenters. The highest BCUT2D eigenvalue weighted by atomic mass is 19.1. The van der Waals surface area contributed by atoms with Crippen molar-refractivity contribution in [2.75, 3.05) is 19.7 Å². The summed E-state index contributed by atoms with van der Waals surface area (Å²) in [7, 11) is 0. The summed E-state index contributed by atoms with van der Waals surface area (Å²) < 4.78 is 24.8. The molecule has 26 heavy (non-hydrogen) atoms. The summed E-state index contributed by atoms with van der Waals surface area (Å²) in [5.41, 5.74) is 0.384. The van der Waals surface area contributed by atoms with Crippen LogP contribution >= 0.6 is 0 Å². The second-order valence-electron chi connectivity index (χ2n) is 6.18. The lowest BCUT2D eigenvalue weighted by molar-refractivity contribution is -0.147. The van der Waals surface area contributed by atoms with E-state index in [0.717, 1.165) is 0 Å². The fourth-order valence-corrected chi connectivity index (χ4v) is 2.97. The SMILES string of the molecule is O=C(O)CC1CN(C(=O)CCc2ccc(-c3ccccc3F)o2)CCO1. The van der Waals surface area contributed by atoms with Gasteiger partial charge >= 0.3 is 5.97 Å². The van der Waals surface area contributed by atoms with Crippen LogP contribution in [0.2, 0.25) is 0 Å². The number of halogens is 1. The van der Waals surface area contributed by atoms with Crippen molar-refractivity contribution in [1.82, 2.24) is 4.90 Å². The molecular weight excluding hydrogens is 341 g/mol. The van der Waals surface area contributed by atoms with Gasteiger partial charge in [-0.25, -0.2) is 4.39 Å². The standard InChI is InChI=1S/C19H20FNO5/c20-16-4-2-1-3-15(16)17-7-5-13(26-17)6-8-18(22)21-9-10-25-14(12-21)11-19(23)24/h1-5,7,14H,6,8-12H2,(H,23,24). The molecule has 1 aliphatic rings. The lowest BCUT2D eigenvalue weighted by Crippen LogP contribution is -2.46. The van der Waals surface area contributed by atoms with Gasteiger partial charge in [-0.15, -0.1) is 0 Å². The third-order valence-corrected chi connectivity index (χ3v) is 4.28. The summed E-state index contributed by atoms with van der Waals surface area (Å²) in [5, 5.41) is 8.84. The fourth-order valence-electron chi connectivity index (χ4n) is 2.97. The van der Waals surface area contributed by atoms with Crippen LogP contribution in [0.25, 0.3) is 11.3 Å². The number of carbonyl (C=O) groups is 2. The third-order valence-electron chi connectivity index (χ3n) is 4.28. The maximum Gasteiger partial charge on any atom is 0.306 e. The van der Waals surface area contributed by atoms with Crippen LogP contribution in [0.4, 0.5) is 4.39 Å². The zero-order chi connectivity index (χ0) is 18.5. The number of amides is 1. The van der Waals surface area contributed by atoms with Crippen molar-refractivity contribution < 1.29 is 28.2 Å². The number of ether oxygens (including phenoxy) is 1. The van der Waals surface area contributed by atoms with Crippen molar-refractivity contribution in [1.29, 1.82) is 0 Å². The summed E-state index contributed by atoms with van der Waals surface area (Å²) in [6.07, 6.45) is 0.0492. The summed E-state index contributed by atoms with van der Waals surface area (Å²) in [6.45, 7) is 1.07. The molecule has 6 nitrogen and oxygen atoms in total. The summed E-state index contributed by atoms with van der Waals surface area (Å²) in [6, 6.07) is 9.78. The van der Waals surface area contributed by atoms with Gasteiger partial charge in [-0.1, -0.05) is 12.1 Å². The molecule has 0 aliphatic carbocycles. The first-order valence-corrected chi connectivity index (χ1v) is 8.47. The molecular formula is C19H20FNO5. The van der Waals surface area contributed by atoms with E-state index in [0.29, 0.717) is 36.7 Å². The monoisotopic (exact) mass is 361 g/mol. The van der Waals surface area contributed by atoms with Crippen molar-refractivity contribution in [2.24, 2.45) is 0 Å². The smallest absolute Gasteiger partial charge is 0.306 e. The predicted octanol–water partition coefficient (Wildman–Crippen LogP) is 2.72. The zero-order valence-corrected chi connectivity index (χ0v) is 14.2. The first-order chi connectivity index (χ1) is 12.5. The van der Waals surface area contributed by atoms with E-state index in [9.17, 15) is 14.0 Å². The Morgan fingerprint density at radius 1 is 1.23 bits per heavy atom. The predicted molar refractivity (Wildman–Crippen MR) is 91.0 cm³/mol. The third kappa shape index (κ3) is 4.49. The average Bonchev–Trinajstić information content (AvgIpc) is 3.08. The van der Waals surface area contributed by atoms with Gasteiger partial charge in [0.2, 0.25) is 5.91 Å². The summed E-state index contributed by atoms with van der Waals surface area (Å²) in [5.74, 6) is -0.347. The number of furan rings is 1. The molecule has 2 heterocycles. The Bertz CT molecular complexity index is 788. The average molecular weight is 361 g/mol. The molecule has 2 aromatic rings. The molecule has 1 aliphatic heterocycles. The van der Waals surface area contributed by atoms with Crippen LogP contribution < -0.4 is 0 Å². The minimum atomic E-state index is -0.944. The van der Waals surface area contributed by atoms with Crippen molar-refractivity contribution in [3.8, 4) is 11.3 Å². The van der Waals surface area contributed by atoms with Crippen molar-refractivity contribution in [2.45, 2.75) is 25.4 Å². The van der Waals surface area contributed by atoms with Gasteiger partial charge in [-0.05, 0) is 24.3 Å². The molecule has 1 unspecified atom stereocenters. The van der Waals surface area contributed by atoms with Crippen molar-refractivity contribution >= 4 is 11.9 Å². The molecule has 1 aromatic carbocycles. The number of nitrogens with zero attached hydrogens (tertiary/aromatic N) is 1. The van der Waals surface area contributed by atoms with E-state index in [-0.39, 0.29) is 31.1 Å². The number of benzene rings is 1. The van der Waals surface area contributed by atoms with Crippen LogP contribution in [0.15, 0.2) is 40.8 Å². The Balaban J connectivity index is 1.55. The summed E-state index contributed by atoms with van der Waals surface area (Å²) >= 11 is 0. The molecule has 0 saturated carbocycles. The number of hydrogen-bond acceptors (Lipinski definition) is 4. The van der Waals surface area contributed by atoms with Gasteiger partial charge in [0.15, 0.2) is 0 Å². The maximum absolute atomic E-state index is 13.8. The lowest BCUT2D eigenvalue weighted by Gasteiger charge is -2.32. The molecule has 1 fully saturated rings. The van der Waals surface area contributed by atoms with E-state index in [4.69, 9.17) is 14.3 Å². The van der Waals surface area contributed by atoms with Gasteiger partial charge < -0.3 is 19.2 Å². The fraction of sp³-hybridized carbons (Fsp3) is 0.368. The van der Waals surface area contributed by atoms with Gasteiger partial charge in [0.05, 0.1) is 24.7 Å². The Hall–Kier alpha value is -2.67. The van der Waals surface area contributed by atoms with Crippen LogP contribution in [0, 0.1) is 5.82 Å². The second-order valence-corrected chi connectivity index (χ2v) is 6.18. The van der Waals surface area contributed by atoms with Crippen LogP contribution in [0.5, 0.6) is 0 Å². The number of carbonyl (C=O) groups excluding carboxylic acids is 1. The molecule has 7 heteroatoms. The normalized spacial score (nSPS) is 17.3. The Morgan fingerprint density at radius 3 is 2.81 bits per heavy atom. The van der Waals surface area contributed by atoms with E-state index in [2.05, 4.69) is 0 Å². The Labute approximate surface area is 150 Å². The molecule has 0 spiro atoms. The van der Waals surface area contributed by atoms with Gasteiger partial charge in [0.1, 0.15) is 17.3 Å². The maximum atomic E-state index is 13.8. The topological polar surface area (TPSA) is 80.0 Å². The number of hydrogen-bond donors (Lipinski definition) is 1. The van der Waals surface area contributed by atoms with Gasteiger partial charge in [0.25, 0.3) is 0 Å². The van der Waals surface area contributed by atoms with Gasteiger partial charge in [-0.3, -0.25) is 9.59 Å². The number of aliphatic carboxylic acids is 1. The molecule has 0 bridgehead atoms. The van der Waals surface area contributed by atoms with Crippen LogP contribution in [-0.2, 0) is 20.7 Å². The molecule has 0 radical (unpaired) electrons. The van der Waals surface area contributed by atoms with Crippen LogP contribution in [-0.4, -0.2) is 47.7 Å². The van der Waals surface area contributed by atoms with E-state index < -0.39 is 12.1 Å². The quantitative estimate of drug-likeness (QED) is 0.856.